The van der Waals surface area contributed by atoms with Gasteiger partial charge in [-0.1, -0.05) is 13.3 Å². The van der Waals surface area contributed by atoms with Crippen LogP contribution >= 0.6 is 0 Å². The van der Waals surface area contributed by atoms with Crippen molar-refractivity contribution in [3.63, 3.8) is 0 Å². The first kappa shape index (κ1) is 21.4. The van der Waals surface area contributed by atoms with Crippen molar-refractivity contribution in [2.24, 2.45) is 0 Å². The number of fused-ring (bicyclic) bond motifs is 1. The lowest BCUT2D eigenvalue weighted by molar-refractivity contribution is 0.0623. The Hall–Kier alpha value is -3.32. The Labute approximate surface area is 173 Å². The van der Waals surface area contributed by atoms with Gasteiger partial charge in [-0.3, -0.25) is 4.79 Å². The molecule has 158 valence electrons. The minimum Gasteiger partial charge on any atom is -0.507 e. The van der Waals surface area contributed by atoms with Gasteiger partial charge in [0.15, 0.2) is 5.78 Å². The molecule has 0 bridgehead atoms. The molecule has 0 saturated heterocycles. The molecule has 0 fully saturated rings. The summed E-state index contributed by atoms with van der Waals surface area (Å²) in [5.74, 6) is 0.837. The molecular weight excluding hydrogens is 388 g/mol. The van der Waals surface area contributed by atoms with Gasteiger partial charge in [0.2, 0.25) is 0 Å². The third-order valence-electron chi connectivity index (χ3n) is 4.55. The summed E-state index contributed by atoms with van der Waals surface area (Å²) in [7, 11) is 0. The van der Waals surface area contributed by atoms with Crippen molar-refractivity contribution in [1.82, 2.24) is 0 Å². The van der Waals surface area contributed by atoms with Gasteiger partial charge in [0, 0.05) is 11.6 Å². The minimum atomic E-state index is -0.904. The number of carbonyl (C=O) groups excluding carboxylic acids is 1. The van der Waals surface area contributed by atoms with E-state index in [-0.39, 0.29) is 30.3 Å². The smallest absolute Gasteiger partial charge is 0.339 e. The molecule has 1 heterocycles. The number of aryl methyl sites for hydroxylation is 1. The molecule has 0 amide bonds. The first-order valence-electron chi connectivity index (χ1n) is 9.71. The maximum absolute atomic E-state index is 11.6. The number of hydrogen-bond donors (Lipinski definition) is 2. The largest absolute Gasteiger partial charge is 0.507 e. The average Bonchev–Trinajstić information content (AvgIpc) is 2.71. The van der Waals surface area contributed by atoms with E-state index in [1.165, 1.54) is 13.0 Å². The summed E-state index contributed by atoms with van der Waals surface area (Å²) in [6.45, 7) is 3.53. The van der Waals surface area contributed by atoms with Crippen molar-refractivity contribution in [3.8, 4) is 17.2 Å². The van der Waals surface area contributed by atoms with Gasteiger partial charge < -0.3 is 24.1 Å². The molecule has 0 radical (unpaired) electrons. The molecule has 1 atom stereocenters. The summed E-state index contributed by atoms with van der Waals surface area (Å²) in [5, 5.41) is 20.4. The highest BCUT2D eigenvalue weighted by Gasteiger charge is 2.12. The van der Waals surface area contributed by atoms with E-state index < -0.39 is 11.7 Å². The molecule has 2 aromatic carbocycles. The zero-order chi connectivity index (χ0) is 21.7. The average molecular weight is 412 g/mol. The SMILES string of the molecule is CCCc1cc(C(C)=O)ccc1OCC(O)COc1ccc2c(O)cc(=O)oc2c1. The number of Topliss-reactive ketones (excluding diaryl/α,β-unsaturated/α-hetero) is 1. The zero-order valence-corrected chi connectivity index (χ0v) is 16.9. The van der Waals surface area contributed by atoms with Gasteiger partial charge in [0.1, 0.15) is 42.1 Å². The number of aromatic hydroxyl groups is 1. The third-order valence-corrected chi connectivity index (χ3v) is 4.55. The number of rotatable bonds is 9. The van der Waals surface area contributed by atoms with Crippen LogP contribution in [0.1, 0.15) is 36.2 Å². The van der Waals surface area contributed by atoms with E-state index in [4.69, 9.17) is 13.9 Å². The highest BCUT2D eigenvalue weighted by Crippen LogP contribution is 2.26. The second kappa shape index (κ2) is 9.45. The summed E-state index contributed by atoms with van der Waals surface area (Å²) in [6, 6.07) is 10.9. The Kier molecular flexibility index (Phi) is 6.74. The molecule has 1 aromatic heterocycles. The van der Waals surface area contributed by atoms with Crippen LogP contribution in [0.4, 0.5) is 0 Å². The van der Waals surface area contributed by atoms with E-state index in [2.05, 4.69) is 0 Å². The highest BCUT2D eigenvalue weighted by molar-refractivity contribution is 5.94. The monoisotopic (exact) mass is 412 g/mol. The van der Waals surface area contributed by atoms with Crippen molar-refractivity contribution in [2.45, 2.75) is 32.8 Å². The Morgan fingerprint density at radius 3 is 2.60 bits per heavy atom. The fraction of sp³-hybridized carbons (Fsp3) is 0.304. The Morgan fingerprint density at radius 1 is 1.10 bits per heavy atom. The first-order valence-corrected chi connectivity index (χ1v) is 9.71. The van der Waals surface area contributed by atoms with Crippen LogP contribution in [0.2, 0.25) is 0 Å². The maximum Gasteiger partial charge on any atom is 0.339 e. The molecule has 0 aliphatic rings. The summed E-state index contributed by atoms with van der Waals surface area (Å²) in [6.07, 6.45) is 0.758. The van der Waals surface area contributed by atoms with Crippen molar-refractivity contribution in [1.29, 1.82) is 0 Å². The fourth-order valence-corrected chi connectivity index (χ4v) is 3.05. The quantitative estimate of drug-likeness (QED) is 0.409. The Morgan fingerprint density at radius 2 is 1.87 bits per heavy atom. The van der Waals surface area contributed by atoms with Crippen LogP contribution in [0.15, 0.2) is 51.7 Å². The lowest BCUT2D eigenvalue weighted by Gasteiger charge is -2.16. The van der Waals surface area contributed by atoms with Gasteiger partial charge in [-0.2, -0.15) is 0 Å². The second-order valence-corrected chi connectivity index (χ2v) is 7.01. The fourth-order valence-electron chi connectivity index (χ4n) is 3.05. The molecule has 7 heteroatoms. The third kappa shape index (κ3) is 5.18. The first-order chi connectivity index (χ1) is 14.4. The van der Waals surface area contributed by atoms with Gasteiger partial charge in [0.25, 0.3) is 0 Å². The van der Waals surface area contributed by atoms with Crippen LogP contribution in [0.5, 0.6) is 17.2 Å². The van der Waals surface area contributed by atoms with Gasteiger partial charge in [-0.15, -0.1) is 0 Å². The van der Waals surface area contributed by atoms with Crippen molar-refractivity contribution in [2.75, 3.05) is 13.2 Å². The Balaban J connectivity index is 1.61. The second-order valence-electron chi connectivity index (χ2n) is 7.01. The summed E-state index contributed by atoms with van der Waals surface area (Å²) < 4.78 is 16.3. The number of aliphatic hydroxyl groups is 1. The van der Waals surface area contributed by atoms with Gasteiger partial charge in [-0.25, -0.2) is 4.79 Å². The summed E-state index contributed by atoms with van der Waals surface area (Å²) in [5.41, 5.74) is 1.08. The number of carbonyl (C=O) groups is 1. The molecule has 7 nitrogen and oxygen atoms in total. The standard InChI is InChI=1S/C23H24O7/c1-3-4-16-9-15(14(2)24)5-8-21(16)29-13-17(25)12-28-18-6-7-19-20(26)11-23(27)30-22(19)10-18/h5-11,17,25-26H,3-4,12-13H2,1-2H3. The Bertz CT molecular complexity index is 1100. The minimum absolute atomic E-state index is 0.00752. The van der Waals surface area contributed by atoms with Crippen LogP contribution in [-0.4, -0.2) is 35.3 Å². The highest BCUT2D eigenvalue weighted by atomic mass is 16.5. The lowest BCUT2D eigenvalue weighted by atomic mass is 10.0. The molecule has 3 aromatic rings. The van der Waals surface area contributed by atoms with Crippen LogP contribution in [0, 0.1) is 0 Å². The predicted molar refractivity (Wildman–Crippen MR) is 112 cm³/mol. The van der Waals surface area contributed by atoms with E-state index in [1.54, 1.807) is 24.3 Å². The van der Waals surface area contributed by atoms with Crippen LogP contribution in [-0.2, 0) is 6.42 Å². The molecule has 0 aliphatic heterocycles. The number of hydrogen-bond acceptors (Lipinski definition) is 7. The van der Waals surface area contributed by atoms with Crippen molar-refractivity contribution in [3.05, 3.63) is 64.0 Å². The van der Waals surface area contributed by atoms with Gasteiger partial charge in [0.05, 0.1) is 11.5 Å². The molecular formula is C23H24O7. The summed E-state index contributed by atoms with van der Waals surface area (Å²) in [4.78, 5) is 23.0. The van der Waals surface area contributed by atoms with E-state index in [9.17, 15) is 19.8 Å². The van der Waals surface area contributed by atoms with E-state index in [0.29, 0.717) is 22.4 Å². The van der Waals surface area contributed by atoms with E-state index in [1.807, 2.05) is 13.0 Å². The topological polar surface area (TPSA) is 106 Å². The number of ether oxygens (including phenoxy) is 2. The normalized spacial score (nSPS) is 12.0. The molecule has 30 heavy (non-hydrogen) atoms. The molecule has 3 rings (SSSR count). The van der Waals surface area contributed by atoms with Crippen LogP contribution < -0.4 is 15.1 Å². The predicted octanol–water partition coefficient (Wildman–Crippen LogP) is 3.47. The van der Waals surface area contributed by atoms with Crippen LogP contribution in [0.25, 0.3) is 11.0 Å². The van der Waals surface area contributed by atoms with Gasteiger partial charge in [-0.05, 0) is 49.2 Å². The van der Waals surface area contributed by atoms with Crippen molar-refractivity contribution < 1.29 is 28.9 Å². The molecule has 1 unspecified atom stereocenters. The lowest BCUT2D eigenvalue weighted by Crippen LogP contribution is -2.25. The molecule has 0 saturated carbocycles. The van der Waals surface area contributed by atoms with E-state index >= 15 is 0 Å². The molecule has 0 spiro atoms. The maximum atomic E-state index is 11.6. The zero-order valence-electron chi connectivity index (χ0n) is 16.9. The van der Waals surface area contributed by atoms with Crippen molar-refractivity contribution >= 4 is 16.8 Å². The van der Waals surface area contributed by atoms with Crippen LogP contribution in [0.3, 0.4) is 0 Å². The van der Waals surface area contributed by atoms with E-state index in [0.717, 1.165) is 24.5 Å². The molecule has 2 N–H and O–H groups in total. The number of benzene rings is 2. The molecule has 0 aliphatic carbocycles. The number of ketones is 1. The summed E-state index contributed by atoms with van der Waals surface area (Å²) >= 11 is 0. The van der Waals surface area contributed by atoms with Gasteiger partial charge >= 0.3 is 5.63 Å². The number of aliphatic hydroxyl groups excluding tert-OH is 1.